The number of rotatable bonds is 3. The number of benzene rings is 2. The Morgan fingerprint density at radius 1 is 1.17 bits per heavy atom. The number of aromatic nitrogens is 3. The van der Waals surface area contributed by atoms with Gasteiger partial charge in [0.25, 0.3) is 11.7 Å². The first-order valence-electron chi connectivity index (χ1n) is 8.91. The van der Waals surface area contributed by atoms with E-state index in [9.17, 15) is 23.1 Å². The molecule has 4 rings (SSSR count). The van der Waals surface area contributed by atoms with Gasteiger partial charge in [-0.1, -0.05) is 30.3 Å². The largest absolute Gasteiger partial charge is 0.508 e. The molecule has 0 radical (unpaired) electrons. The molecule has 0 saturated carbocycles. The number of aromatic hydroxyl groups is 1. The summed E-state index contributed by atoms with van der Waals surface area (Å²) in [6.45, 7) is 1.57. The Hall–Kier alpha value is -3.82. The molecule has 3 aromatic rings. The van der Waals surface area contributed by atoms with Crippen molar-refractivity contribution in [2.24, 2.45) is 0 Å². The third kappa shape index (κ3) is 3.59. The lowest BCUT2D eigenvalue weighted by Gasteiger charge is -2.28. The predicted molar refractivity (Wildman–Crippen MR) is 103 cm³/mol. The van der Waals surface area contributed by atoms with Crippen LogP contribution in [0.25, 0.3) is 0 Å². The molecule has 1 aromatic heterocycles. The standard InChI is InChI=1S/C20H16F3N5O2/c1-11-15(17(30)25-13-7-3-2-4-8-13)16(12-6-5-9-14(29)10-12)28-19(24-11)26-18(27-28)20(21,22)23/h2-10,16,29H,1H3,(H,25,30)(H,24,26,27). The van der Waals surface area contributed by atoms with E-state index in [2.05, 4.69) is 20.7 Å². The Kier molecular flexibility index (Phi) is 4.69. The number of halogens is 3. The monoisotopic (exact) mass is 415 g/mol. The number of carbonyl (C=O) groups is 1. The predicted octanol–water partition coefficient (Wildman–Crippen LogP) is 3.93. The minimum atomic E-state index is -4.75. The summed E-state index contributed by atoms with van der Waals surface area (Å²) in [4.78, 5) is 16.6. The molecule has 30 heavy (non-hydrogen) atoms. The molecule has 7 nitrogen and oxygen atoms in total. The van der Waals surface area contributed by atoms with Crippen molar-refractivity contribution in [3.05, 3.63) is 77.3 Å². The minimum absolute atomic E-state index is 0.0933. The topological polar surface area (TPSA) is 92.1 Å². The molecule has 154 valence electrons. The van der Waals surface area contributed by atoms with Crippen LogP contribution in [0.4, 0.5) is 24.8 Å². The van der Waals surface area contributed by atoms with Gasteiger partial charge in [0.05, 0.1) is 5.57 Å². The highest BCUT2D eigenvalue weighted by molar-refractivity contribution is 6.06. The van der Waals surface area contributed by atoms with Crippen molar-refractivity contribution < 1.29 is 23.1 Å². The molecule has 0 bridgehead atoms. The van der Waals surface area contributed by atoms with Crippen molar-refractivity contribution >= 4 is 17.5 Å². The number of fused-ring (bicyclic) bond motifs is 1. The van der Waals surface area contributed by atoms with Crippen LogP contribution in [0.2, 0.25) is 0 Å². The number of para-hydroxylation sites is 1. The van der Waals surface area contributed by atoms with Gasteiger partial charge in [0.2, 0.25) is 5.95 Å². The number of allylic oxidation sites excluding steroid dienone is 1. The minimum Gasteiger partial charge on any atom is -0.508 e. The molecule has 10 heteroatoms. The second-order valence-electron chi connectivity index (χ2n) is 6.68. The summed E-state index contributed by atoms with van der Waals surface area (Å²) in [5.74, 6) is -2.09. The van der Waals surface area contributed by atoms with E-state index in [-0.39, 0.29) is 17.3 Å². The van der Waals surface area contributed by atoms with Crippen LogP contribution < -0.4 is 10.6 Å². The number of alkyl halides is 3. The molecule has 1 amide bonds. The van der Waals surface area contributed by atoms with Gasteiger partial charge in [-0.05, 0) is 36.8 Å². The third-order valence-corrected chi connectivity index (χ3v) is 4.57. The summed E-state index contributed by atoms with van der Waals surface area (Å²) >= 11 is 0. The second kappa shape index (κ2) is 7.21. The number of amides is 1. The molecule has 0 saturated heterocycles. The first-order chi connectivity index (χ1) is 14.2. The molecule has 0 fully saturated rings. The maximum absolute atomic E-state index is 13.2. The number of nitrogens with one attached hydrogen (secondary N) is 2. The number of carbonyl (C=O) groups excluding carboxylic acids is 1. The van der Waals surface area contributed by atoms with E-state index in [4.69, 9.17) is 0 Å². The van der Waals surface area contributed by atoms with Crippen LogP contribution in [0.3, 0.4) is 0 Å². The highest BCUT2D eigenvalue weighted by Crippen LogP contribution is 2.38. The van der Waals surface area contributed by atoms with Gasteiger partial charge in [0, 0.05) is 11.4 Å². The summed E-state index contributed by atoms with van der Waals surface area (Å²) in [6.07, 6.45) is -4.75. The molecule has 1 atom stereocenters. The molecule has 1 unspecified atom stereocenters. The average molecular weight is 415 g/mol. The number of phenols is 1. The van der Waals surface area contributed by atoms with E-state index in [1.54, 1.807) is 43.3 Å². The highest BCUT2D eigenvalue weighted by atomic mass is 19.4. The number of hydrogen-bond donors (Lipinski definition) is 3. The first kappa shape index (κ1) is 19.5. The Bertz CT molecular complexity index is 1140. The van der Waals surface area contributed by atoms with Gasteiger partial charge < -0.3 is 15.7 Å². The zero-order chi connectivity index (χ0) is 21.5. The van der Waals surface area contributed by atoms with Gasteiger partial charge in [0.1, 0.15) is 11.8 Å². The van der Waals surface area contributed by atoms with Gasteiger partial charge in [-0.3, -0.25) is 4.79 Å². The lowest BCUT2D eigenvalue weighted by molar-refractivity contribution is -0.145. The van der Waals surface area contributed by atoms with Gasteiger partial charge >= 0.3 is 6.18 Å². The average Bonchev–Trinajstić information content (AvgIpc) is 3.11. The molecule has 0 aliphatic carbocycles. The van der Waals surface area contributed by atoms with Crippen molar-refractivity contribution in [2.45, 2.75) is 19.1 Å². The van der Waals surface area contributed by atoms with E-state index >= 15 is 0 Å². The zero-order valence-electron chi connectivity index (χ0n) is 15.6. The quantitative estimate of drug-likeness (QED) is 0.603. The lowest BCUT2D eigenvalue weighted by Crippen LogP contribution is -2.31. The van der Waals surface area contributed by atoms with Crippen molar-refractivity contribution in [1.29, 1.82) is 0 Å². The van der Waals surface area contributed by atoms with Crippen LogP contribution in [-0.2, 0) is 11.0 Å². The molecule has 2 heterocycles. The molecule has 1 aliphatic heterocycles. The smallest absolute Gasteiger partial charge is 0.453 e. The first-order valence-corrected chi connectivity index (χ1v) is 8.91. The van der Waals surface area contributed by atoms with E-state index in [1.165, 1.54) is 18.2 Å². The van der Waals surface area contributed by atoms with E-state index in [1.807, 2.05) is 0 Å². The van der Waals surface area contributed by atoms with Crippen LogP contribution in [-0.4, -0.2) is 25.8 Å². The number of nitrogens with zero attached hydrogens (tertiary/aromatic N) is 3. The summed E-state index contributed by atoms with van der Waals surface area (Å²) in [6, 6.07) is 13.6. The fourth-order valence-electron chi connectivity index (χ4n) is 3.29. The van der Waals surface area contributed by atoms with E-state index < -0.39 is 23.9 Å². The second-order valence-corrected chi connectivity index (χ2v) is 6.68. The van der Waals surface area contributed by atoms with Crippen molar-refractivity contribution in [3.8, 4) is 5.75 Å². The zero-order valence-corrected chi connectivity index (χ0v) is 15.6. The Morgan fingerprint density at radius 2 is 1.90 bits per heavy atom. The SMILES string of the molecule is CC1=C(C(=O)Nc2ccccc2)C(c2cccc(O)c2)n2nc(C(F)(F)F)nc2N1. The van der Waals surface area contributed by atoms with Crippen LogP contribution >= 0.6 is 0 Å². The van der Waals surface area contributed by atoms with Gasteiger partial charge in [-0.25, -0.2) is 4.68 Å². The van der Waals surface area contributed by atoms with Crippen molar-refractivity contribution in [3.63, 3.8) is 0 Å². The molecule has 2 aromatic carbocycles. The molecule has 0 spiro atoms. The lowest BCUT2D eigenvalue weighted by atomic mass is 9.95. The summed E-state index contributed by atoms with van der Waals surface area (Å²) in [7, 11) is 0. The maximum Gasteiger partial charge on any atom is 0.453 e. The summed E-state index contributed by atoms with van der Waals surface area (Å²) in [5.41, 5.74) is 1.38. The summed E-state index contributed by atoms with van der Waals surface area (Å²) in [5, 5.41) is 19.0. The number of anilines is 2. The van der Waals surface area contributed by atoms with Gasteiger partial charge in [-0.15, -0.1) is 5.10 Å². The fourth-order valence-corrected chi connectivity index (χ4v) is 3.29. The maximum atomic E-state index is 13.2. The van der Waals surface area contributed by atoms with E-state index in [0.717, 1.165) is 4.68 Å². The normalized spacial score (nSPS) is 16.1. The molecule has 3 N–H and O–H groups in total. The van der Waals surface area contributed by atoms with Crippen molar-refractivity contribution in [2.75, 3.05) is 10.6 Å². The van der Waals surface area contributed by atoms with Crippen LogP contribution in [0.5, 0.6) is 5.75 Å². The Balaban J connectivity index is 1.83. The van der Waals surface area contributed by atoms with E-state index in [0.29, 0.717) is 16.9 Å². The number of phenolic OH excluding ortho intramolecular Hbond substituents is 1. The molecule has 1 aliphatic rings. The van der Waals surface area contributed by atoms with Crippen LogP contribution in [0.15, 0.2) is 65.9 Å². The third-order valence-electron chi connectivity index (χ3n) is 4.57. The van der Waals surface area contributed by atoms with Crippen molar-refractivity contribution in [1.82, 2.24) is 14.8 Å². The fraction of sp³-hybridized carbons (Fsp3) is 0.150. The number of hydrogen-bond acceptors (Lipinski definition) is 5. The van der Waals surface area contributed by atoms with Crippen LogP contribution in [0, 0.1) is 0 Å². The molecular formula is C20H16F3N5O2. The highest BCUT2D eigenvalue weighted by Gasteiger charge is 2.41. The molecular weight excluding hydrogens is 399 g/mol. The van der Waals surface area contributed by atoms with Crippen LogP contribution in [0.1, 0.15) is 24.4 Å². The summed E-state index contributed by atoms with van der Waals surface area (Å²) < 4.78 is 40.6. The van der Waals surface area contributed by atoms with Gasteiger partial charge in [-0.2, -0.15) is 18.2 Å². The van der Waals surface area contributed by atoms with Gasteiger partial charge in [0.15, 0.2) is 0 Å². The Labute approximate surface area is 168 Å². The Morgan fingerprint density at radius 3 is 2.57 bits per heavy atom.